The standard InChI is InChI=1S/C15H21N5O/c1-2-3-7-13(16)15(21)18-9-12-6-4-5-8-14(12)20-11-17-10-19-20/h4-6,8,10-11,13H,2-3,7,9,16H2,1H3,(H,18,21)/t13-/m1/s1. The van der Waals surface area contributed by atoms with Crippen molar-refractivity contribution < 1.29 is 4.79 Å². The van der Waals surface area contributed by atoms with Gasteiger partial charge in [-0.25, -0.2) is 9.67 Å². The van der Waals surface area contributed by atoms with Crippen LogP contribution in [0.15, 0.2) is 36.9 Å². The largest absolute Gasteiger partial charge is 0.351 e. The number of hydrogen-bond donors (Lipinski definition) is 2. The molecule has 0 saturated heterocycles. The molecule has 2 rings (SSSR count). The number of nitrogens with two attached hydrogens (primary N) is 1. The number of aromatic nitrogens is 3. The minimum absolute atomic E-state index is 0.114. The topological polar surface area (TPSA) is 85.8 Å². The SMILES string of the molecule is CCCC[C@@H](N)C(=O)NCc1ccccc1-n1cncn1. The predicted octanol–water partition coefficient (Wildman–Crippen LogP) is 1.40. The third kappa shape index (κ3) is 4.13. The number of para-hydroxylation sites is 1. The fourth-order valence-corrected chi connectivity index (χ4v) is 2.09. The monoisotopic (exact) mass is 287 g/mol. The molecule has 6 nitrogen and oxygen atoms in total. The van der Waals surface area contributed by atoms with E-state index in [0.29, 0.717) is 13.0 Å². The highest BCUT2D eigenvalue weighted by atomic mass is 16.2. The van der Waals surface area contributed by atoms with Gasteiger partial charge in [-0.15, -0.1) is 0 Å². The molecule has 0 unspecified atom stereocenters. The third-order valence-electron chi connectivity index (χ3n) is 3.32. The van der Waals surface area contributed by atoms with Gasteiger partial charge in [0.2, 0.25) is 5.91 Å². The van der Waals surface area contributed by atoms with E-state index in [4.69, 9.17) is 5.73 Å². The summed E-state index contributed by atoms with van der Waals surface area (Å²) in [4.78, 5) is 15.9. The number of carbonyl (C=O) groups is 1. The Morgan fingerprint density at radius 3 is 2.95 bits per heavy atom. The van der Waals surface area contributed by atoms with Gasteiger partial charge >= 0.3 is 0 Å². The maximum Gasteiger partial charge on any atom is 0.237 e. The van der Waals surface area contributed by atoms with Crippen molar-refractivity contribution in [2.45, 2.75) is 38.8 Å². The van der Waals surface area contributed by atoms with Gasteiger partial charge in [-0.05, 0) is 18.1 Å². The minimum atomic E-state index is -0.441. The number of carbonyl (C=O) groups excluding carboxylic acids is 1. The lowest BCUT2D eigenvalue weighted by Crippen LogP contribution is -2.40. The van der Waals surface area contributed by atoms with Gasteiger partial charge in [-0.1, -0.05) is 38.0 Å². The maximum absolute atomic E-state index is 11.9. The summed E-state index contributed by atoms with van der Waals surface area (Å²) < 4.78 is 1.68. The Morgan fingerprint density at radius 1 is 1.43 bits per heavy atom. The van der Waals surface area contributed by atoms with Crippen molar-refractivity contribution in [2.75, 3.05) is 0 Å². The second-order valence-electron chi connectivity index (χ2n) is 4.94. The van der Waals surface area contributed by atoms with Crippen molar-refractivity contribution in [1.29, 1.82) is 0 Å². The summed E-state index contributed by atoms with van der Waals surface area (Å²) in [5, 5.41) is 7.00. The smallest absolute Gasteiger partial charge is 0.237 e. The zero-order valence-corrected chi connectivity index (χ0v) is 12.2. The molecule has 0 spiro atoms. The molecule has 2 aromatic rings. The van der Waals surface area contributed by atoms with Gasteiger partial charge < -0.3 is 11.1 Å². The van der Waals surface area contributed by atoms with E-state index in [9.17, 15) is 4.79 Å². The lowest BCUT2D eigenvalue weighted by Gasteiger charge is -2.13. The predicted molar refractivity (Wildman–Crippen MR) is 80.7 cm³/mol. The molecule has 0 fully saturated rings. The van der Waals surface area contributed by atoms with Crippen molar-refractivity contribution in [2.24, 2.45) is 5.73 Å². The highest BCUT2D eigenvalue weighted by Crippen LogP contribution is 2.12. The Morgan fingerprint density at radius 2 is 2.24 bits per heavy atom. The average Bonchev–Trinajstić information content (AvgIpc) is 3.04. The molecule has 21 heavy (non-hydrogen) atoms. The molecule has 1 atom stereocenters. The molecule has 0 aliphatic carbocycles. The Balaban J connectivity index is 1.99. The van der Waals surface area contributed by atoms with E-state index in [1.54, 1.807) is 11.0 Å². The number of unbranched alkanes of at least 4 members (excludes halogenated alkanes) is 1. The van der Waals surface area contributed by atoms with Crippen molar-refractivity contribution in [3.05, 3.63) is 42.5 Å². The van der Waals surface area contributed by atoms with Gasteiger partial charge in [0, 0.05) is 6.54 Å². The minimum Gasteiger partial charge on any atom is -0.351 e. The normalized spacial score (nSPS) is 12.1. The number of benzene rings is 1. The summed E-state index contributed by atoms with van der Waals surface area (Å²) in [6.07, 6.45) is 5.83. The van der Waals surface area contributed by atoms with Gasteiger partial charge in [0.05, 0.1) is 11.7 Å². The first-order valence-corrected chi connectivity index (χ1v) is 7.18. The van der Waals surface area contributed by atoms with Gasteiger partial charge in [0.15, 0.2) is 0 Å². The van der Waals surface area contributed by atoms with Crippen LogP contribution in [0.4, 0.5) is 0 Å². The van der Waals surface area contributed by atoms with Crippen molar-refractivity contribution >= 4 is 5.91 Å². The van der Waals surface area contributed by atoms with E-state index in [0.717, 1.165) is 24.1 Å². The Bertz CT molecular complexity index is 567. The molecular formula is C15H21N5O. The van der Waals surface area contributed by atoms with Crippen LogP contribution in [0, 0.1) is 0 Å². The fourth-order valence-electron chi connectivity index (χ4n) is 2.09. The molecule has 1 amide bonds. The van der Waals surface area contributed by atoms with Gasteiger partial charge in [-0.2, -0.15) is 5.10 Å². The molecule has 0 aliphatic heterocycles. The number of nitrogens with one attached hydrogen (secondary N) is 1. The van der Waals surface area contributed by atoms with Crippen LogP contribution in [0.3, 0.4) is 0 Å². The number of nitrogens with zero attached hydrogens (tertiary/aromatic N) is 3. The van der Waals surface area contributed by atoms with Crippen molar-refractivity contribution in [1.82, 2.24) is 20.1 Å². The first-order valence-electron chi connectivity index (χ1n) is 7.18. The van der Waals surface area contributed by atoms with Crippen LogP contribution in [0.5, 0.6) is 0 Å². The van der Waals surface area contributed by atoms with Gasteiger partial charge in [0.1, 0.15) is 12.7 Å². The first kappa shape index (κ1) is 15.2. The van der Waals surface area contributed by atoms with Crippen LogP contribution < -0.4 is 11.1 Å². The van der Waals surface area contributed by atoms with Gasteiger partial charge in [-0.3, -0.25) is 4.79 Å². The second-order valence-corrected chi connectivity index (χ2v) is 4.94. The summed E-state index contributed by atoms with van der Waals surface area (Å²) >= 11 is 0. The lowest BCUT2D eigenvalue weighted by molar-refractivity contribution is -0.122. The summed E-state index contributed by atoms with van der Waals surface area (Å²) in [5.74, 6) is -0.114. The van der Waals surface area contributed by atoms with Crippen LogP contribution in [-0.4, -0.2) is 26.7 Å². The molecule has 0 bridgehead atoms. The second kappa shape index (κ2) is 7.54. The zero-order chi connectivity index (χ0) is 15.1. The van der Waals surface area contributed by atoms with E-state index in [1.807, 2.05) is 24.3 Å². The van der Waals surface area contributed by atoms with Crippen LogP contribution in [-0.2, 0) is 11.3 Å². The lowest BCUT2D eigenvalue weighted by atomic mass is 10.1. The van der Waals surface area contributed by atoms with Gasteiger partial charge in [0.25, 0.3) is 0 Å². The molecule has 1 aromatic carbocycles. The molecule has 1 heterocycles. The Kier molecular flexibility index (Phi) is 5.45. The van der Waals surface area contributed by atoms with Crippen LogP contribution in [0.25, 0.3) is 5.69 Å². The molecule has 1 aromatic heterocycles. The third-order valence-corrected chi connectivity index (χ3v) is 3.32. The number of hydrogen-bond acceptors (Lipinski definition) is 4. The van der Waals surface area contributed by atoms with E-state index < -0.39 is 6.04 Å². The highest BCUT2D eigenvalue weighted by Gasteiger charge is 2.13. The summed E-state index contributed by atoms with van der Waals surface area (Å²) in [7, 11) is 0. The summed E-state index contributed by atoms with van der Waals surface area (Å²) in [6.45, 7) is 2.51. The summed E-state index contributed by atoms with van der Waals surface area (Å²) in [6, 6.07) is 7.31. The molecule has 0 saturated carbocycles. The zero-order valence-electron chi connectivity index (χ0n) is 12.2. The number of rotatable bonds is 7. The van der Waals surface area contributed by atoms with E-state index >= 15 is 0 Å². The van der Waals surface area contributed by atoms with Crippen LogP contribution in [0.1, 0.15) is 31.7 Å². The highest BCUT2D eigenvalue weighted by molar-refractivity contribution is 5.81. The molecule has 0 radical (unpaired) electrons. The fraction of sp³-hybridized carbons (Fsp3) is 0.400. The Labute approximate surface area is 124 Å². The molecule has 6 heteroatoms. The first-order chi connectivity index (χ1) is 10.2. The molecular weight excluding hydrogens is 266 g/mol. The molecule has 3 N–H and O–H groups in total. The summed E-state index contributed by atoms with van der Waals surface area (Å²) in [5.41, 5.74) is 7.73. The molecule has 0 aliphatic rings. The van der Waals surface area contributed by atoms with Crippen LogP contribution in [0.2, 0.25) is 0 Å². The number of amides is 1. The van der Waals surface area contributed by atoms with E-state index in [1.165, 1.54) is 6.33 Å². The molecule has 112 valence electrons. The quantitative estimate of drug-likeness (QED) is 0.806. The van der Waals surface area contributed by atoms with E-state index in [2.05, 4.69) is 22.3 Å². The average molecular weight is 287 g/mol. The Hall–Kier alpha value is -2.21. The van der Waals surface area contributed by atoms with Crippen molar-refractivity contribution in [3.8, 4) is 5.69 Å². The van der Waals surface area contributed by atoms with E-state index in [-0.39, 0.29) is 5.91 Å². The maximum atomic E-state index is 11.9. The van der Waals surface area contributed by atoms with Crippen molar-refractivity contribution in [3.63, 3.8) is 0 Å². The van der Waals surface area contributed by atoms with Crippen LogP contribution >= 0.6 is 0 Å².